The van der Waals surface area contributed by atoms with E-state index >= 15 is 0 Å². The smallest absolute Gasteiger partial charge is 0.230 e. The van der Waals surface area contributed by atoms with Gasteiger partial charge in [0.15, 0.2) is 0 Å². The monoisotopic (exact) mass is 302 g/mol. The number of carbonyl (C=O) groups is 2. The Balaban J connectivity index is 1.65. The van der Waals surface area contributed by atoms with Crippen LogP contribution in [0.5, 0.6) is 0 Å². The van der Waals surface area contributed by atoms with E-state index in [2.05, 4.69) is 26.6 Å². The number of hydrogen-bond acceptors (Lipinski definition) is 2. The molecular formula is C12H19BrN2O2. The van der Waals surface area contributed by atoms with Crippen LogP contribution in [0, 0.1) is 5.41 Å². The van der Waals surface area contributed by atoms with Crippen molar-refractivity contribution < 1.29 is 9.59 Å². The number of halogens is 1. The van der Waals surface area contributed by atoms with Crippen LogP contribution in [-0.2, 0) is 9.59 Å². The van der Waals surface area contributed by atoms with Crippen LogP contribution >= 0.6 is 15.9 Å². The second kappa shape index (κ2) is 4.96. The Kier molecular flexibility index (Phi) is 3.76. The first-order chi connectivity index (χ1) is 8.07. The molecule has 1 spiro atoms. The van der Waals surface area contributed by atoms with Gasteiger partial charge in [0.2, 0.25) is 11.8 Å². The van der Waals surface area contributed by atoms with Crippen LogP contribution in [0.2, 0.25) is 0 Å². The van der Waals surface area contributed by atoms with Crippen molar-refractivity contribution in [2.24, 2.45) is 5.41 Å². The van der Waals surface area contributed by atoms with Crippen LogP contribution in [0.15, 0.2) is 0 Å². The second-order valence-corrected chi connectivity index (χ2v) is 5.89. The lowest BCUT2D eigenvalue weighted by molar-refractivity contribution is -0.125. The maximum absolute atomic E-state index is 11.2. The van der Waals surface area contributed by atoms with Gasteiger partial charge in [0.1, 0.15) is 0 Å². The topological polar surface area (TPSA) is 58.2 Å². The Labute approximate surface area is 110 Å². The van der Waals surface area contributed by atoms with Gasteiger partial charge in [-0.25, -0.2) is 0 Å². The Bertz CT molecular complexity index is 285. The molecule has 2 amide bonds. The molecule has 0 aliphatic heterocycles. The first-order valence-electron chi connectivity index (χ1n) is 6.21. The fraction of sp³-hybridized carbons (Fsp3) is 0.833. The van der Waals surface area contributed by atoms with E-state index in [1.54, 1.807) is 0 Å². The maximum atomic E-state index is 11.2. The van der Waals surface area contributed by atoms with Crippen molar-refractivity contribution in [3.63, 3.8) is 0 Å². The first kappa shape index (κ1) is 12.9. The molecule has 2 fully saturated rings. The molecule has 96 valence electrons. The van der Waals surface area contributed by atoms with Crippen molar-refractivity contribution in [2.45, 2.75) is 51.1 Å². The summed E-state index contributed by atoms with van der Waals surface area (Å²) < 4.78 is 0. The molecule has 0 aromatic carbocycles. The third-order valence-corrected chi connectivity index (χ3v) is 4.40. The second-order valence-electron chi connectivity index (χ2n) is 5.33. The Hall–Kier alpha value is -0.580. The van der Waals surface area contributed by atoms with Gasteiger partial charge >= 0.3 is 0 Å². The summed E-state index contributed by atoms with van der Waals surface area (Å²) in [6, 6.07) is 0.721. The summed E-state index contributed by atoms with van der Waals surface area (Å²) in [6.07, 6.45) is 4.88. The number of hydrogen-bond donors (Lipinski definition) is 2. The van der Waals surface area contributed by atoms with E-state index in [1.807, 2.05) is 6.92 Å². The van der Waals surface area contributed by atoms with E-state index in [-0.39, 0.29) is 11.8 Å². The van der Waals surface area contributed by atoms with Gasteiger partial charge in [-0.2, -0.15) is 0 Å². The largest absolute Gasteiger partial charge is 0.353 e. The minimum absolute atomic E-state index is 0.0695. The zero-order valence-electron chi connectivity index (χ0n) is 10.1. The molecule has 0 atom stereocenters. The maximum Gasteiger partial charge on any atom is 0.230 e. The van der Waals surface area contributed by atoms with Crippen molar-refractivity contribution in [3.05, 3.63) is 0 Å². The normalized spacial score (nSPS) is 34.7. The van der Waals surface area contributed by atoms with Gasteiger partial charge in [0.05, 0.1) is 5.33 Å². The highest BCUT2D eigenvalue weighted by Gasteiger charge is 2.53. The molecule has 0 radical (unpaired) electrons. The highest BCUT2D eigenvalue weighted by atomic mass is 79.9. The molecule has 0 aromatic rings. The van der Waals surface area contributed by atoms with E-state index in [4.69, 9.17) is 0 Å². The highest BCUT2D eigenvalue weighted by Crippen LogP contribution is 2.55. The predicted molar refractivity (Wildman–Crippen MR) is 68.8 cm³/mol. The Morgan fingerprint density at radius 1 is 1.12 bits per heavy atom. The molecule has 0 bridgehead atoms. The van der Waals surface area contributed by atoms with E-state index < -0.39 is 0 Å². The average molecular weight is 303 g/mol. The minimum Gasteiger partial charge on any atom is -0.353 e. The quantitative estimate of drug-likeness (QED) is 0.770. The van der Waals surface area contributed by atoms with E-state index in [9.17, 15) is 9.59 Å². The van der Waals surface area contributed by atoms with E-state index in [0.717, 1.165) is 25.7 Å². The third kappa shape index (κ3) is 2.81. The first-order valence-corrected chi connectivity index (χ1v) is 7.34. The fourth-order valence-electron chi connectivity index (χ4n) is 3.10. The molecule has 2 saturated carbocycles. The predicted octanol–water partition coefficient (Wildman–Crippen LogP) is 1.33. The van der Waals surface area contributed by atoms with Crippen molar-refractivity contribution in [2.75, 3.05) is 5.33 Å². The standard InChI is InChI=1S/C12H19BrN2O2/c1-2-10(16)14-8-3-12(4-8)5-9(6-12)15-11(17)7-13/h8-9H,2-7H2,1H3,(H,14,16)(H,15,17). The highest BCUT2D eigenvalue weighted by molar-refractivity contribution is 9.09. The number of amides is 2. The van der Waals surface area contributed by atoms with Crippen molar-refractivity contribution in [3.8, 4) is 0 Å². The lowest BCUT2D eigenvalue weighted by Crippen LogP contribution is -2.61. The molecule has 4 nitrogen and oxygen atoms in total. The zero-order chi connectivity index (χ0) is 12.5. The third-order valence-electron chi connectivity index (χ3n) is 3.89. The summed E-state index contributed by atoms with van der Waals surface area (Å²) in [4.78, 5) is 22.4. The molecule has 0 saturated heterocycles. The van der Waals surface area contributed by atoms with Gasteiger partial charge in [0.25, 0.3) is 0 Å². The van der Waals surface area contributed by atoms with Crippen LogP contribution in [0.1, 0.15) is 39.0 Å². The van der Waals surface area contributed by atoms with E-state index in [0.29, 0.717) is 29.2 Å². The molecule has 2 aliphatic rings. The molecule has 5 heteroatoms. The lowest BCUT2D eigenvalue weighted by Gasteiger charge is -2.57. The minimum atomic E-state index is 0.0695. The number of nitrogens with one attached hydrogen (secondary N) is 2. The summed E-state index contributed by atoms with van der Waals surface area (Å²) in [5, 5.41) is 6.39. The molecule has 0 heterocycles. The zero-order valence-corrected chi connectivity index (χ0v) is 11.7. The number of alkyl halides is 1. The Morgan fingerprint density at radius 2 is 1.59 bits per heavy atom. The number of rotatable bonds is 4. The van der Waals surface area contributed by atoms with E-state index in [1.165, 1.54) is 0 Å². The number of carbonyl (C=O) groups excluding carboxylic acids is 2. The summed E-state index contributed by atoms with van der Waals surface area (Å²) in [7, 11) is 0. The molecule has 17 heavy (non-hydrogen) atoms. The average Bonchev–Trinajstić information content (AvgIpc) is 2.22. The molecule has 2 aliphatic carbocycles. The molecule has 0 aromatic heterocycles. The van der Waals surface area contributed by atoms with Crippen LogP contribution in [-0.4, -0.2) is 29.2 Å². The van der Waals surface area contributed by atoms with Gasteiger partial charge in [-0.15, -0.1) is 0 Å². The van der Waals surface area contributed by atoms with Gasteiger partial charge in [0, 0.05) is 18.5 Å². The lowest BCUT2D eigenvalue weighted by atomic mass is 9.52. The SMILES string of the molecule is CCC(=O)NC1CC2(C1)CC(NC(=O)CBr)C2. The molecule has 2 rings (SSSR count). The molecule has 2 N–H and O–H groups in total. The van der Waals surface area contributed by atoms with Crippen molar-refractivity contribution in [1.29, 1.82) is 0 Å². The van der Waals surface area contributed by atoms with Crippen LogP contribution in [0.25, 0.3) is 0 Å². The van der Waals surface area contributed by atoms with Gasteiger partial charge < -0.3 is 10.6 Å². The summed E-state index contributed by atoms with van der Waals surface area (Å²) in [5.41, 5.74) is 0.413. The molecule has 0 unspecified atom stereocenters. The fourth-order valence-corrected chi connectivity index (χ4v) is 3.27. The summed E-state index contributed by atoms with van der Waals surface area (Å²) in [5.74, 6) is 0.216. The van der Waals surface area contributed by atoms with Crippen LogP contribution in [0.4, 0.5) is 0 Å². The van der Waals surface area contributed by atoms with Gasteiger partial charge in [-0.3, -0.25) is 9.59 Å². The van der Waals surface area contributed by atoms with Crippen LogP contribution in [0.3, 0.4) is 0 Å². The molecular weight excluding hydrogens is 284 g/mol. The van der Waals surface area contributed by atoms with Crippen molar-refractivity contribution in [1.82, 2.24) is 10.6 Å². The summed E-state index contributed by atoms with van der Waals surface area (Å²) >= 11 is 3.14. The van der Waals surface area contributed by atoms with Crippen LogP contribution < -0.4 is 10.6 Å². The Morgan fingerprint density at radius 3 is 2.00 bits per heavy atom. The van der Waals surface area contributed by atoms with Crippen molar-refractivity contribution >= 4 is 27.7 Å². The van der Waals surface area contributed by atoms with Gasteiger partial charge in [-0.05, 0) is 31.1 Å². The van der Waals surface area contributed by atoms with Gasteiger partial charge in [-0.1, -0.05) is 22.9 Å². The summed E-state index contributed by atoms with van der Waals surface area (Å²) in [6.45, 7) is 1.87.